The fraction of sp³-hybridized carbons (Fsp3) is 0.0435. The van der Waals surface area contributed by atoms with Gasteiger partial charge in [-0.2, -0.15) is 0 Å². The van der Waals surface area contributed by atoms with Crippen LogP contribution in [0.4, 0.5) is 0 Å². The Bertz CT molecular complexity index is 2770. The first-order valence-corrected chi connectivity index (χ1v) is 16.3. The molecule has 232 valence electrons. The van der Waals surface area contributed by atoms with Crippen LogP contribution in [-0.2, 0) is 6.37 Å². The van der Waals surface area contributed by atoms with Gasteiger partial charge < -0.3 is 0 Å². The van der Waals surface area contributed by atoms with Crippen LogP contribution in [0.2, 0.25) is 0 Å². The second kappa shape index (κ2) is 12.0. The number of imidazole rings is 1. The first-order valence-electron chi connectivity index (χ1n) is 18.8. The van der Waals surface area contributed by atoms with E-state index >= 15 is 0 Å². The maximum atomic E-state index is 8.71. The summed E-state index contributed by atoms with van der Waals surface area (Å²) in [6, 6.07) is 53.3. The fourth-order valence-corrected chi connectivity index (χ4v) is 7.20. The zero-order valence-electron chi connectivity index (χ0n) is 31.5. The zero-order chi connectivity index (χ0) is 37.0. The molecular formula is C46H33N3. The van der Waals surface area contributed by atoms with Crippen LogP contribution >= 0.6 is 0 Å². The zero-order valence-corrected chi connectivity index (χ0v) is 26.5. The molecule has 0 unspecified atom stereocenters. The molecule has 0 saturated heterocycles. The van der Waals surface area contributed by atoms with Crippen LogP contribution < -0.4 is 0 Å². The van der Waals surface area contributed by atoms with Gasteiger partial charge in [0.1, 0.15) is 5.82 Å². The highest BCUT2D eigenvalue weighted by atomic mass is 15.1. The number of aryl methyl sites for hydroxylation is 1. The van der Waals surface area contributed by atoms with Crippen molar-refractivity contribution in [2.45, 2.75) is 13.2 Å². The summed E-state index contributed by atoms with van der Waals surface area (Å²) in [5, 5.41) is 4.63. The highest BCUT2D eigenvalue weighted by molar-refractivity contribution is 6.21. The van der Waals surface area contributed by atoms with E-state index in [9.17, 15) is 0 Å². The Hall–Kier alpha value is -6.32. The summed E-state index contributed by atoms with van der Waals surface area (Å²) in [4.78, 5) is 8.84. The standard InChI is InChI=1S/C46H33N3/c1-2-44-48-41-18-8-10-20-43(41)49(44)42-19-9-7-13-36(42)32-23-27-34(28-24-32)46-39-16-5-3-14-37(39)45(38-15-4-6-17-40(38)46)33-25-21-31(22-26-33)35-12-11-29-47-30-35/h3-30H,2H2,1H3/i1D3,2D2. The van der Waals surface area contributed by atoms with Crippen LogP contribution in [0.5, 0.6) is 0 Å². The van der Waals surface area contributed by atoms with E-state index in [1.165, 1.54) is 5.56 Å². The number of pyridine rings is 1. The summed E-state index contributed by atoms with van der Waals surface area (Å²) in [7, 11) is 0. The Morgan fingerprint density at radius 2 is 1.08 bits per heavy atom. The Morgan fingerprint density at radius 3 is 1.69 bits per heavy atom. The van der Waals surface area contributed by atoms with Gasteiger partial charge in [0.15, 0.2) is 0 Å². The summed E-state index contributed by atoms with van der Waals surface area (Å²) >= 11 is 0. The van der Waals surface area contributed by atoms with Crippen molar-refractivity contribution in [2.75, 3.05) is 0 Å². The molecule has 0 amide bonds. The van der Waals surface area contributed by atoms with Crippen LogP contribution in [0.1, 0.15) is 19.5 Å². The summed E-state index contributed by atoms with van der Waals surface area (Å²) in [6.45, 7) is -2.92. The topological polar surface area (TPSA) is 30.7 Å². The Labute approximate surface area is 292 Å². The highest BCUT2D eigenvalue weighted by Crippen LogP contribution is 2.44. The second-order valence-corrected chi connectivity index (χ2v) is 12.1. The molecular weight excluding hydrogens is 595 g/mol. The van der Waals surface area contributed by atoms with Gasteiger partial charge in [-0.25, -0.2) is 4.98 Å². The second-order valence-electron chi connectivity index (χ2n) is 12.1. The number of hydrogen-bond acceptors (Lipinski definition) is 2. The van der Waals surface area contributed by atoms with Gasteiger partial charge in [-0.05, 0) is 84.8 Å². The number of rotatable bonds is 6. The Balaban J connectivity index is 1.18. The lowest BCUT2D eigenvalue weighted by molar-refractivity contribution is 0.909. The van der Waals surface area contributed by atoms with E-state index in [4.69, 9.17) is 6.85 Å². The van der Waals surface area contributed by atoms with Crippen molar-refractivity contribution < 1.29 is 6.85 Å². The van der Waals surface area contributed by atoms with Gasteiger partial charge in [0, 0.05) is 31.2 Å². The minimum absolute atomic E-state index is 0.155. The van der Waals surface area contributed by atoms with Crippen molar-refractivity contribution >= 4 is 32.6 Å². The van der Waals surface area contributed by atoms with E-state index in [0.717, 1.165) is 60.5 Å². The molecule has 0 bridgehead atoms. The van der Waals surface area contributed by atoms with Crippen molar-refractivity contribution in [3.05, 3.63) is 176 Å². The van der Waals surface area contributed by atoms with Gasteiger partial charge in [-0.1, -0.05) is 140 Å². The third-order valence-corrected chi connectivity index (χ3v) is 9.40. The van der Waals surface area contributed by atoms with Crippen LogP contribution in [0.25, 0.3) is 82.8 Å². The highest BCUT2D eigenvalue weighted by Gasteiger charge is 2.18. The van der Waals surface area contributed by atoms with E-state index in [1.807, 2.05) is 54.7 Å². The third-order valence-electron chi connectivity index (χ3n) is 9.40. The van der Waals surface area contributed by atoms with Gasteiger partial charge >= 0.3 is 0 Å². The molecule has 0 aliphatic heterocycles. The van der Waals surface area contributed by atoms with E-state index in [2.05, 4.69) is 113 Å². The van der Waals surface area contributed by atoms with Gasteiger partial charge in [0.2, 0.25) is 0 Å². The molecule has 0 saturated carbocycles. The number of hydrogen-bond donors (Lipinski definition) is 0. The number of aromatic nitrogens is 3. The summed E-state index contributed by atoms with van der Waals surface area (Å²) in [5.74, 6) is -0.155. The molecule has 0 atom stereocenters. The van der Waals surface area contributed by atoms with E-state index in [-0.39, 0.29) is 5.82 Å². The predicted octanol–water partition coefficient (Wildman–Crippen LogP) is 12.0. The first-order chi connectivity index (χ1) is 26.2. The molecule has 49 heavy (non-hydrogen) atoms. The molecule has 0 aliphatic rings. The lowest BCUT2D eigenvalue weighted by Crippen LogP contribution is -2.02. The van der Waals surface area contributed by atoms with Gasteiger partial charge in [-0.3, -0.25) is 9.55 Å². The maximum absolute atomic E-state index is 8.71. The van der Waals surface area contributed by atoms with Crippen LogP contribution in [-0.4, -0.2) is 14.5 Å². The lowest BCUT2D eigenvalue weighted by Gasteiger charge is -2.18. The predicted molar refractivity (Wildman–Crippen MR) is 205 cm³/mol. The van der Waals surface area contributed by atoms with Crippen LogP contribution in [0, 0.1) is 0 Å². The van der Waals surface area contributed by atoms with Gasteiger partial charge in [0.05, 0.1) is 16.7 Å². The number of para-hydroxylation sites is 3. The monoisotopic (exact) mass is 632 g/mol. The summed E-state index contributed by atoms with van der Waals surface area (Å²) in [5.41, 5.74) is 10.3. The quantitative estimate of drug-likeness (QED) is 0.171. The van der Waals surface area contributed by atoms with Crippen molar-refractivity contribution in [2.24, 2.45) is 0 Å². The van der Waals surface area contributed by atoms with Crippen molar-refractivity contribution in [3.63, 3.8) is 0 Å². The minimum Gasteiger partial charge on any atom is -0.296 e. The van der Waals surface area contributed by atoms with Crippen molar-refractivity contribution in [3.8, 4) is 50.2 Å². The van der Waals surface area contributed by atoms with Crippen LogP contribution in [0.15, 0.2) is 170 Å². The summed E-state index contributed by atoms with van der Waals surface area (Å²) in [6.07, 6.45) is 0.976. The molecule has 9 aromatic rings. The molecule has 0 aliphatic carbocycles. The lowest BCUT2D eigenvalue weighted by atomic mass is 9.85. The molecule has 9 rings (SSSR count). The fourth-order valence-electron chi connectivity index (χ4n) is 7.20. The van der Waals surface area contributed by atoms with E-state index in [1.54, 1.807) is 16.8 Å². The Morgan fingerprint density at radius 1 is 0.531 bits per heavy atom. The molecule has 0 fully saturated rings. The largest absolute Gasteiger partial charge is 0.296 e. The SMILES string of the molecule is [2H]C([2H])([2H])C([2H])([2H])c1nc2ccccc2n1-c1ccccc1-c1ccc(-c2c3ccccc3c(-c3ccc(-c4cccnc4)cc3)c3ccccc23)cc1. The molecule has 3 nitrogen and oxygen atoms in total. The molecule has 2 aromatic heterocycles. The molecule has 0 N–H and O–H groups in total. The first kappa shape index (κ1) is 23.9. The third kappa shape index (κ3) is 4.90. The average molecular weight is 633 g/mol. The average Bonchev–Trinajstić information content (AvgIpc) is 3.60. The Kier molecular flexibility index (Phi) is 5.88. The summed E-state index contributed by atoms with van der Waals surface area (Å²) < 4.78 is 43.2. The van der Waals surface area contributed by atoms with Crippen molar-refractivity contribution in [1.29, 1.82) is 0 Å². The van der Waals surface area contributed by atoms with Gasteiger partial charge in [-0.15, -0.1) is 0 Å². The van der Waals surface area contributed by atoms with Gasteiger partial charge in [0.25, 0.3) is 0 Å². The number of benzene rings is 7. The van der Waals surface area contributed by atoms with Crippen LogP contribution in [0.3, 0.4) is 0 Å². The number of fused-ring (bicyclic) bond motifs is 3. The molecule has 0 spiro atoms. The maximum Gasteiger partial charge on any atom is 0.114 e. The van der Waals surface area contributed by atoms with E-state index in [0.29, 0.717) is 16.7 Å². The molecule has 3 heteroatoms. The molecule has 0 radical (unpaired) electrons. The number of nitrogens with zero attached hydrogens (tertiary/aromatic N) is 3. The molecule has 2 heterocycles. The van der Waals surface area contributed by atoms with Crippen molar-refractivity contribution in [1.82, 2.24) is 14.5 Å². The van der Waals surface area contributed by atoms with E-state index < -0.39 is 13.2 Å². The molecule has 7 aromatic carbocycles. The normalized spacial score (nSPS) is 13.5. The smallest absolute Gasteiger partial charge is 0.114 e. The minimum atomic E-state index is -2.92.